The van der Waals surface area contributed by atoms with Gasteiger partial charge in [0.2, 0.25) is 0 Å². The minimum Gasteiger partial charge on any atom is -0.459 e. The topological polar surface area (TPSA) is 74.7 Å². The Morgan fingerprint density at radius 3 is 2.74 bits per heavy atom. The maximum Gasteiger partial charge on any atom is 0.301 e. The number of nitrogens with zero attached hydrogens (tertiary/aromatic N) is 2. The van der Waals surface area contributed by atoms with E-state index >= 15 is 0 Å². The third-order valence-corrected chi connectivity index (χ3v) is 3.12. The molecule has 108 valence electrons. The molecule has 19 heavy (non-hydrogen) atoms. The van der Waals surface area contributed by atoms with Crippen molar-refractivity contribution >= 4 is 5.91 Å². The van der Waals surface area contributed by atoms with Crippen molar-refractivity contribution in [3.63, 3.8) is 0 Å². The number of nitrogen functional groups attached to an aromatic ring is 1. The molecule has 1 amide bonds. The Kier molecular flexibility index (Phi) is 6.01. The highest BCUT2D eigenvalue weighted by atomic mass is 16.3. The van der Waals surface area contributed by atoms with E-state index in [0.717, 1.165) is 18.7 Å². The quantitative estimate of drug-likeness (QED) is 0.431. The number of hydrazine groups is 1. The first kappa shape index (κ1) is 15.7. The molecule has 0 fully saturated rings. The van der Waals surface area contributed by atoms with E-state index in [1.165, 1.54) is 6.26 Å². The number of carbonyl (C=O) groups is 1. The van der Waals surface area contributed by atoms with Crippen LogP contribution in [-0.4, -0.2) is 48.9 Å². The molecule has 6 nitrogen and oxygen atoms in total. The van der Waals surface area contributed by atoms with Gasteiger partial charge in [-0.3, -0.25) is 15.1 Å². The maximum absolute atomic E-state index is 11.6. The molecular formula is C13H24N4O2. The molecule has 3 N–H and O–H groups in total. The van der Waals surface area contributed by atoms with Crippen molar-refractivity contribution in [1.29, 1.82) is 0 Å². The molecule has 1 unspecified atom stereocenters. The number of likely N-dealkylation sites (N-methyl/N-ethyl adjacent to an activating group) is 2. The van der Waals surface area contributed by atoms with Gasteiger partial charge in [-0.05, 0) is 33.6 Å². The summed E-state index contributed by atoms with van der Waals surface area (Å²) in [5.74, 6) is 5.04. The Morgan fingerprint density at radius 2 is 2.21 bits per heavy atom. The summed E-state index contributed by atoms with van der Waals surface area (Å²) in [6.07, 6.45) is 1.52. The zero-order valence-corrected chi connectivity index (χ0v) is 12.1. The molecule has 0 aliphatic rings. The van der Waals surface area contributed by atoms with Crippen LogP contribution in [0.25, 0.3) is 0 Å². The largest absolute Gasteiger partial charge is 0.459 e. The molecule has 0 aromatic carbocycles. The molecule has 0 aliphatic heterocycles. The first-order chi connectivity index (χ1) is 8.99. The SMILES string of the molecule is CCN(Cc1ccoc1C(=O)NN)C(C)CN(C)C. The van der Waals surface area contributed by atoms with Crippen molar-refractivity contribution in [2.45, 2.75) is 26.4 Å². The fraction of sp³-hybridized carbons (Fsp3) is 0.615. The molecule has 0 aliphatic carbocycles. The molecular weight excluding hydrogens is 244 g/mol. The van der Waals surface area contributed by atoms with Crippen molar-refractivity contribution in [3.8, 4) is 0 Å². The Balaban J connectivity index is 2.76. The van der Waals surface area contributed by atoms with Crippen LogP contribution < -0.4 is 11.3 Å². The van der Waals surface area contributed by atoms with Gasteiger partial charge in [-0.2, -0.15) is 0 Å². The smallest absolute Gasteiger partial charge is 0.301 e. The number of nitrogens with one attached hydrogen (secondary N) is 1. The van der Waals surface area contributed by atoms with Crippen molar-refractivity contribution in [1.82, 2.24) is 15.2 Å². The summed E-state index contributed by atoms with van der Waals surface area (Å²) in [7, 11) is 4.10. The van der Waals surface area contributed by atoms with Crippen LogP contribution in [0.15, 0.2) is 16.7 Å². The van der Waals surface area contributed by atoms with Crippen LogP contribution in [0.1, 0.15) is 30.0 Å². The minimum absolute atomic E-state index is 0.290. The zero-order valence-electron chi connectivity index (χ0n) is 12.1. The van der Waals surface area contributed by atoms with E-state index in [0.29, 0.717) is 12.6 Å². The standard InChI is InChI=1S/C13H24N4O2/c1-5-17(10(2)8-16(3)4)9-11-6-7-19-12(11)13(18)15-14/h6-7,10H,5,8-9,14H2,1-4H3,(H,15,18). The lowest BCUT2D eigenvalue weighted by Crippen LogP contribution is -2.40. The van der Waals surface area contributed by atoms with Crippen molar-refractivity contribution in [2.24, 2.45) is 5.84 Å². The van der Waals surface area contributed by atoms with Crippen molar-refractivity contribution in [3.05, 3.63) is 23.7 Å². The third kappa shape index (κ3) is 4.34. The van der Waals surface area contributed by atoms with E-state index in [9.17, 15) is 4.79 Å². The monoisotopic (exact) mass is 268 g/mol. The summed E-state index contributed by atoms with van der Waals surface area (Å²) < 4.78 is 5.19. The number of hydrogen-bond acceptors (Lipinski definition) is 5. The van der Waals surface area contributed by atoms with Crippen LogP contribution in [0.5, 0.6) is 0 Å². The molecule has 0 radical (unpaired) electrons. The van der Waals surface area contributed by atoms with Gasteiger partial charge in [0.05, 0.1) is 6.26 Å². The molecule has 0 spiro atoms. The van der Waals surface area contributed by atoms with Crippen LogP contribution in [-0.2, 0) is 6.54 Å². The average molecular weight is 268 g/mol. The number of carbonyl (C=O) groups excluding carboxylic acids is 1. The van der Waals surface area contributed by atoms with Gasteiger partial charge in [0, 0.05) is 24.7 Å². The third-order valence-electron chi connectivity index (χ3n) is 3.12. The van der Waals surface area contributed by atoms with Crippen LogP contribution in [0, 0.1) is 0 Å². The minimum atomic E-state index is -0.392. The lowest BCUT2D eigenvalue weighted by atomic mass is 10.2. The number of nitrogens with two attached hydrogens (primary N) is 1. The molecule has 1 heterocycles. The lowest BCUT2D eigenvalue weighted by Gasteiger charge is -2.29. The predicted molar refractivity (Wildman–Crippen MR) is 74.5 cm³/mol. The highest BCUT2D eigenvalue weighted by Gasteiger charge is 2.19. The van der Waals surface area contributed by atoms with E-state index in [1.54, 1.807) is 0 Å². The summed E-state index contributed by atoms with van der Waals surface area (Å²) in [6, 6.07) is 2.21. The Labute approximate surface area is 114 Å². The Bertz CT molecular complexity index is 403. The highest BCUT2D eigenvalue weighted by Crippen LogP contribution is 2.15. The second kappa shape index (κ2) is 7.28. The summed E-state index contributed by atoms with van der Waals surface area (Å²) >= 11 is 0. The molecule has 0 bridgehead atoms. The van der Waals surface area contributed by atoms with Gasteiger partial charge < -0.3 is 9.32 Å². The Hall–Kier alpha value is -1.37. The average Bonchev–Trinajstić information content (AvgIpc) is 2.82. The first-order valence-electron chi connectivity index (χ1n) is 6.45. The number of amides is 1. The lowest BCUT2D eigenvalue weighted by molar-refractivity contribution is 0.0921. The van der Waals surface area contributed by atoms with Gasteiger partial charge in [-0.25, -0.2) is 5.84 Å². The van der Waals surface area contributed by atoms with Crippen molar-refractivity contribution < 1.29 is 9.21 Å². The maximum atomic E-state index is 11.6. The number of furan rings is 1. The van der Waals surface area contributed by atoms with Crippen LogP contribution in [0.3, 0.4) is 0 Å². The normalized spacial score (nSPS) is 13.0. The fourth-order valence-electron chi connectivity index (χ4n) is 2.17. The van der Waals surface area contributed by atoms with Gasteiger partial charge >= 0.3 is 5.91 Å². The molecule has 6 heteroatoms. The second-order valence-corrected chi connectivity index (χ2v) is 4.92. The van der Waals surface area contributed by atoms with Gasteiger partial charge in [-0.15, -0.1) is 0 Å². The van der Waals surface area contributed by atoms with Gasteiger partial charge in [0.25, 0.3) is 0 Å². The molecule has 1 atom stereocenters. The second-order valence-electron chi connectivity index (χ2n) is 4.92. The molecule has 0 saturated heterocycles. The number of rotatable bonds is 7. The zero-order chi connectivity index (χ0) is 14.4. The van der Waals surface area contributed by atoms with Gasteiger partial charge in [0.1, 0.15) is 0 Å². The van der Waals surface area contributed by atoms with Crippen LogP contribution in [0.4, 0.5) is 0 Å². The molecule has 0 saturated carbocycles. The van der Waals surface area contributed by atoms with Crippen molar-refractivity contribution in [2.75, 3.05) is 27.2 Å². The van der Waals surface area contributed by atoms with E-state index in [1.807, 2.05) is 6.07 Å². The summed E-state index contributed by atoms with van der Waals surface area (Å²) in [5, 5.41) is 0. The molecule has 1 rings (SSSR count). The van der Waals surface area contributed by atoms with E-state index in [4.69, 9.17) is 10.3 Å². The predicted octanol–water partition coefficient (Wildman–Crippen LogP) is 0.655. The summed E-state index contributed by atoms with van der Waals surface area (Å²) in [4.78, 5) is 16.0. The van der Waals surface area contributed by atoms with E-state index in [2.05, 4.69) is 43.2 Å². The summed E-state index contributed by atoms with van der Waals surface area (Å²) in [6.45, 7) is 6.82. The van der Waals surface area contributed by atoms with Gasteiger partial charge in [0.15, 0.2) is 5.76 Å². The fourth-order valence-corrected chi connectivity index (χ4v) is 2.17. The molecule has 1 aromatic rings. The molecule has 1 aromatic heterocycles. The highest BCUT2D eigenvalue weighted by molar-refractivity contribution is 5.92. The van der Waals surface area contributed by atoms with E-state index in [-0.39, 0.29) is 5.76 Å². The van der Waals surface area contributed by atoms with Gasteiger partial charge in [-0.1, -0.05) is 6.92 Å². The summed E-state index contributed by atoms with van der Waals surface area (Å²) in [5.41, 5.74) is 2.96. The Morgan fingerprint density at radius 1 is 1.53 bits per heavy atom. The first-order valence-corrected chi connectivity index (χ1v) is 6.45. The van der Waals surface area contributed by atoms with Crippen LogP contribution in [0.2, 0.25) is 0 Å². The number of hydrogen-bond donors (Lipinski definition) is 2. The van der Waals surface area contributed by atoms with Crippen LogP contribution >= 0.6 is 0 Å². The van der Waals surface area contributed by atoms with E-state index < -0.39 is 5.91 Å².